The van der Waals surface area contributed by atoms with Gasteiger partial charge in [0.25, 0.3) is 5.91 Å². The van der Waals surface area contributed by atoms with Crippen molar-refractivity contribution in [2.75, 3.05) is 26.2 Å². The normalized spacial score (nSPS) is 21.2. The average Bonchev–Trinajstić information content (AvgIpc) is 3.31. The van der Waals surface area contributed by atoms with Crippen LogP contribution in [0.5, 0.6) is 0 Å². The molecular weight excluding hydrogens is 367 g/mol. The van der Waals surface area contributed by atoms with E-state index >= 15 is 0 Å². The van der Waals surface area contributed by atoms with E-state index in [2.05, 4.69) is 14.6 Å². The van der Waals surface area contributed by atoms with E-state index in [0.29, 0.717) is 28.9 Å². The molecule has 0 radical (unpaired) electrons. The lowest BCUT2D eigenvalue weighted by atomic mass is 10.1. The largest absolute Gasteiger partial charge is 0.452 e. The first-order valence-corrected chi connectivity index (χ1v) is 9.33. The Morgan fingerprint density at radius 1 is 1.31 bits per heavy atom. The van der Waals surface area contributed by atoms with Crippen LogP contribution in [0.4, 0.5) is 13.2 Å². The zero-order chi connectivity index (χ0) is 18.5. The lowest BCUT2D eigenvalue weighted by Crippen LogP contribution is -2.51. The number of aromatic nitrogens is 1. The van der Waals surface area contributed by atoms with E-state index in [1.165, 1.54) is 13.3 Å². The number of thiophene rings is 1. The Bertz CT molecular complexity index is 830. The quantitative estimate of drug-likeness (QED) is 0.792. The van der Waals surface area contributed by atoms with Crippen molar-refractivity contribution in [3.05, 3.63) is 28.3 Å². The number of nitrogens with zero attached hydrogens (tertiary/aromatic N) is 3. The Hall–Kier alpha value is -1.87. The molecule has 1 atom stereocenters. The van der Waals surface area contributed by atoms with Crippen molar-refractivity contribution < 1.29 is 22.5 Å². The zero-order valence-corrected chi connectivity index (χ0v) is 15.0. The van der Waals surface area contributed by atoms with Crippen molar-refractivity contribution in [3.8, 4) is 10.6 Å². The van der Waals surface area contributed by atoms with Gasteiger partial charge in [-0.2, -0.15) is 13.2 Å². The van der Waals surface area contributed by atoms with Crippen LogP contribution in [0.3, 0.4) is 0 Å². The Balaban J connectivity index is 1.53. The predicted molar refractivity (Wildman–Crippen MR) is 90.1 cm³/mol. The van der Waals surface area contributed by atoms with Crippen molar-refractivity contribution in [1.82, 2.24) is 15.0 Å². The lowest BCUT2D eigenvalue weighted by Gasteiger charge is -2.37. The summed E-state index contributed by atoms with van der Waals surface area (Å²) in [5.74, 6) is -1.16. The van der Waals surface area contributed by atoms with Gasteiger partial charge in [-0.25, -0.2) is 0 Å². The molecule has 26 heavy (non-hydrogen) atoms. The Labute approximate surface area is 152 Å². The zero-order valence-electron chi connectivity index (χ0n) is 14.2. The topological polar surface area (TPSA) is 49.6 Å². The third kappa shape index (κ3) is 3.03. The van der Waals surface area contributed by atoms with Gasteiger partial charge in [0.1, 0.15) is 5.69 Å². The highest BCUT2D eigenvalue weighted by Crippen LogP contribution is 2.38. The smallest absolute Gasteiger partial charge is 0.351 e. The number of amides is 1. The summed E-state index contributed by atoms with van der Waals surface area (Å²) in [5.41, 5.74) is 0.0832. The molecule has 2 aromatic heterocycles. The molecule has 2 aliphatic rings. The molecule has 5 nitrogen and oxygen atoms in total. The number of carbonyl (C=O) groups excluding carboxylic acids is 1. The van der Waals surface area contributed by atoms with Gasteiger partial charge in [0, 0.05) is 31.2 Å². The molecule has 2 saturated heterocycles. The molecule has 0 spiro atoms. The minimum Gasteiger partial charge on any atom is -0.351 e. The van der Waals surface area contributed by atoms with E-state index in [-0.39, 0.29) is 17.2 Å². The first kappa shape index (κ1) is 17.5. The maximum atomic E-state index is 12.9. The highest BCUT2D eigenvalue weighted by Gasteiger charge is 2.39. The van der Waals surface area contributed by atoms with Crippen LogP contribution in [0.2, 0.25) is 0 Å². The SMILES string of the molecule is Cc1c(-c2ccc(C(=O)N3CCN4CCCC4C3)s2)noc1C(F)(F)F. The molecule has 1 amide bonds. The molecule has 140 valence electrons. The molecule has 4 rings (SSSR count). The van der Waals surface area contributed by atoms with E-state index in [9.17, 15) is 18.0 Å². The second kappa shape index (κ2) is 6.38. The number of alkyl halides is 3. The maximum absolute atomic E-state index is 12.9. The summed E-state index contributed by atoms with van der Waals surface area (Å²) < 4.78 is 43.1. The van der Waals surface area contributed by atoms with Crippen LogP contribution in [0.1, 0.15) is 33.8 Å². The van der Waals surface area contributed by atoms with E-state index in [0.717, 1.165) is 30.8 Å². The molecule has 0 bridgehead atoms. The molecule has 0 aromatic carbocycles. The van der Waals surface area contributed by atoms with Crippen LogP contribution >= 0.6 is 11.3 Å². The Morgan fingerprint density at radius 2 is 2.12 bits per heavy atom. The standard InChI is InChI=1S/C17H18F3N3O2S/c1-10-14(21-25-15(10)17(18,19)20)12-4-5-13(26-12)16(24)23-8-7-22-6-2-3-11(22)9-23/h4-5,11H,2-3,6-9H2,1H3. The fraction of sp³-hybridized carbons (Fsp3) is 0.529. The van der Waals surface area contributed by atoms with Gasteiger partial charge < -0.3 is 9.42 Å². The minimum atomic E-state index is -4.58. The van der Waals surface area contributed by atoms with Gasteiger partial charge in [0.15, 0.2) is 0 Å². The first-order chi connectivity index (χ1) is 12.3. The number of halogens is 3. The molecule has 0 saturated carbocycles. The molecule has 2 aromatic rings. The summed E-state index contributed by atoms with van der Waals surface area (Å²) in [4.78, 5) is 18.1. The number of rotatable bonds is 2. The van der Waals surface area contributed by atoms with E-state index in [4.69, 9.17) is 0 Å². The minimum absolute atomic E-state index is 0.0575. The van der Waals surface area contributed by atoms with Crippen LogP contribution in [0, 0.1) is 6.92 Å². The Morgan fingerprint density at radius 3 is 2.85 bits per heavy atom. The summed E-state index contributed by atoms with van der Waals surface area (Å²) in [6, 6.07) is 3.72. The van der Waals surface area contributed by atoms with Crippen molar-refractivity contribution in [2.24, 2.45) is 0 Å². The lowest BCUT2D eigenvalue weighted by molar-refractivity contribution is -0.156. The van der Waals surface area contributed by atoms with Gasteiger partial charge in [-0.15, -0.1) is 11.3 Å². The summed E-state index contributed by atoms with van der Waals surface area (Å²) in [6.45, 7) is 4.71. The van der Waals surface area contributed by atoms with E-state index in [1.807, 2.05) is 4.90 Å². The van der Waals surface area contributed by atoms with Gasteiger partial charge in [-0.3, -0.25) is 9.69 Å². The molecule has 0 N–H and O–H groups in total. The van der Waals surface area contributed by atoms with Crippen LogP contribution < -0.4 is 0 Å². The summed E-state index contributed by atoms with van der Waals surface area (Å²) in [6.07, 6.45) is -2.30. The van der Waals surface area contributed by atoms with E-state index < -0.39 is 11.9 Å². The number of fused-ring (bicyclic) bond motifs is 1. The van der Waals surface area contributed by atoms with Crippen LogP contribution in [0.15, 0.2) is 16.7 Å². The molecule has 2 fully saturated rings. The van der Waals surface area contributed by atoms with Crippen molar-refractivity contribution in [3.63, 3.8) is 0 Å². The highest BCUT2D eigenvalue weighted by molar-refractivity contribution is 7.17. The second-order valence-electron chi connectivity index (χ2n) is 6.73. The molecule has 2 aliphatic heterocycles. The van der Waals surface area contributed by atoms with Crippen LogP contribution in [0.25, 0.3) is 10.6 Å². The molecular formula is C17H18F3N3O2S. The van der Waals surface area contributed by atoms with Gasteiger partial charge in [0.05, 0.1) is 9.75 Å². The highest BCUT2D eigenvalue weighted by atomic mass is 32.1. The first-order valence-electron chi connectivity index (χ1n) is 8.51. The van der Waals surface area contributed by atoms with Crippen LogP contribution in [-0.4, -0.2) is 53.1 Å². The molecule has 9 heteroatoms. The monoisotopic (exact) mass is 385 g/mol. The maximum Gasteiger partial charge on any atom is 0.452 e. The van der Waals surface area contributed by atoms with Gasteiger partial charge in [-0.1, -0.05) is 5.16 Å². The Kier molecular flexibility index (Phi) is 4.31. The van der Waals surface area contributed by atoms with E-state index in [1.54, 1.807) is 12.1 Å². The number of carbonyl (C=O) groups is 1. The fourth-order valence-electron chi connectivity index (χ4n) is 3.74. The van der Waals surface area contributed by atoms with Crippen LogP contribution in [-0.2, 0) is 6.18 Å². The van der Waals surface area contributed by atoms with Crippen molar-refractivity contribution in [2.45, 2.75) is 32.0 Å². The molecule has 4 heterocycles. The van der Waals surface area contributed by atoms with Crippen molar-refractivity contribution in [1.29, 1.82) is 0 Å². The summed E-state index contributed by atoms with van der Waals surface area (Å²) in [5, 5.41) is 3.56. The fourth-order valence-corrected chi connectivity index (χ4v) is 4.75. The summed E-state index contributed by atoms with van der Waals surface area (Å²) in [7, 11) is 0. The second-order valence-corrected chi connectivity index (χ2v) is 7.81. The van der Waals surface area contributed by atoms with Gasteiger partial charge in [-0.05, 0) is 38.4 Å². The predicted octanol–water partition coefficient (Wildman–Crippen LogP) is 3.65. The third-order valence-electron chi connectivity index (χ3n) is 5.11. The van der Waals surface area contributed by atoms with Crippen molar-refractivity contribution >= 4 is 17.2 Å². The van der Waals surface area contributed by atoms with Gasteiger partial charge >= 0.3 is 6.18 Å². The number of hydrogen-bond donors (Lipinski definition) is 0. The van der Waals surface area contributed by atoms with Gasteiger partial charge in [0.2, 0.25) is 5.76 Å². The molecule has 1 unspecified atom stereocenters. The summed E-state index contributed by atoms with van der Waals surface area (Å²) >= 11 is 1.16. The number of piperazine rings is 1. The number of hydrogen-bond acceptors (Lipinski definition) is 5. The average molecular weight is 385 g/mol. The third-order valence-corrected chi connectivity index (χ3v) is 6.19. The molecule has 0 aliphatic carbocycles.